The summed E-state index contributed by atoms with van der Waals surface area (Å²) in [4.78, 5) is 18.6. The lowest BCUT2D eigenvalue weighted by molar-refractivity contribution is -0.116. The average molecular weight is 513 g/mol. The molecule has 2 aliphatic heterocycles. The van der Waals surface area contributed by atoms with Gasteiger partial charge in [0.05, 0.1) is 5.36 Å². The van der Waals surface area contributed by atoms with E-state index in [1.165, 1.54) is 22.3 Å². The molecule has 0 saturated carbocycles. The summed E-state index contributed by atoms with van der Waals surface area (Å²) < 4.78 is 0. The van der Waals surface area contributed by atoms with Gasteiger partial charge in [0.1, 0.15) is 11.9 Å². The third kappa shape index (κ3) is 5.74. The molecule has 6 heteroatoms. The molecule has 0 saturated heterocycles. The van der Waals surface area contributed by atoms with E-state index < -0.39 is 0 Å². The van der Waals surface area contributed by atoms with Crippen LogP contribution in [0.1, 0.15) is 57.6 Å². The lowest BCUT2D eigenvalue weighted by atomic mass is 9.77. The van der Waals surface area contributed by atoms with Crippen LogP contribution in [0.2, 0.25) is 0 Å². The second-order valence-corrected chi connectivity index (χ2v) is 11.6. The number of amidine groups is 1. The molecule has 3 aliphatic rings. The van der Waals surface area contributed by atoms with Crippen molar-refractivity contribution in [2.24, 2.45) is 21.9 Å². The van der Waals surface area contributed by atoms with Gasteiger partial charge in [-0.2, -0.15) is 0 Å². The van der Waals surface area contributed by atoms with E-state index in [1.807, 2.05) is 29.3 Å². The first-order valence-electron chi connectivity index (χ1n) is 13.2. The molecule has 5 nitrogen and oxygen atoms in total. The van der Waals surface area contributed by atoms with Gasteiger partial charge in [0.25, 0.3) is 5.91 Å². The maximum Gasteiger partial charge on any atom is 0.276 e. The van der Waals surface area contributed by atoms with Gasteiger partial charge >= 0.3 is 0 Å². The summed E-state index contributed by atoms with van der Waals surface area (Å²) in [5.41, 5.74) is 5.97. The number of carbonyl (C=O) groups excluding carboxylic acids is 1. The first kappa shape index (κ1) is 25.5. The molecular weight excluding hydrogens is 476 g/mol. The highest BCUT2D eigenvalue weighted by Crippen LogP contribution is 2.38. The second kappa shape index (κ2) is 11.1. The van der Waals surface area contributed by atoms with E-state index in [0.29, 0.717) is 16.8 Å². The van der Waals surface area contributed by atoms with Gasteiger partial charge in [0.2, 0.25) is 0 Å². The average Bonchev–Trinajstić information content (AvgIpc) is 2.88. The smallest absolute Gasteiger partial charge is 0.276 e. The molecule has 2 heterocycles. The van der Waals surface area contributed by atoms with Crippen molar-refractivity contribution >= 4 is 28.5 Å². The molecule has 0 fully saturated rings. The van der Waals surface area contributed by atoms with Crippen molar-refractivity contribution in [1.29, 1.82) is 0 Å². The van der Waals surface area contributed by atoms with Crippen molar-refractivity contribution in [2.75, 3.05) is 0 Å². The van der Waals surface area contributed by atoms with Gasteiger partial charge in [-0.3, -0.25) is 15.1 Å². The third-order valence-electron chi connectivity index (χ3n) is 7.44. The number of benzene rings is 2. The van der Waals surface area contributed by atoms with Crippen molar-refractivity contribution < 1.29 is 4.79 Å². The number of rotatable bonds is 6. The number of hydrazone groups is 1. The number of nitrogens with one attached hydrogen (secondary N) is 1. The van der Waals surface area contributed by atoms with E-state index in [1.54, 1.807) is 11.8 Å². The van der Waals surface area contributed by atoms with Gasteiger partial charge < -0.3 is 0 Å². The normalized spacial score (nSPS) is 22.7. The van der Waals surface area contributed by atoms with Crippen LogP contribution in [0.5, 0.6) is 0 Å². The fourth-order valence-corrected chi connectivity index (χ4v) is 6.19. The fourth-order valence-electron chi connectivity index (χ4n) is 5.38. The van der Waals surface area contributed by atoms with Gasteiger partial charge in [-0.1, -0.05) is 90.0 Å². The minimum absolute atomic E-state index is 0.102. The highest BCUT2D eigenvalue weighted by atomic mass is 32.2. The number of allylic oxidation sites excluding steroid dienone is 4. The number of nitrogens with zero attached hydrogens (tertiary/aromatic N) is 3. The summed E-state index contributed by atoms with van der Waals surface area (Å²) in [6.07, 6.45) is 8.79. The van der Waals surface area contributed by atoms with E-state index in [4.69, 9.17) is 10.1 Å². The zero-order valence-electron chi connectivity index (χ0n) is 22.2. The first-order valence-corrected chi connectivity index (χ1v) is 14.2. The minimum Gasteiger partial charge on any atom is -0.298 e. The zero-order chi connectivity index (χ0) is 25.9. The molecule has 1 N–H and O–H groups in total. The summed E-state index contributed by atoms with van der Waals surface area (Å²) in [5, 5.41) is 12.3. The molecule has 0 radical (unpaired) electrons. The van der Waals surface area contributed by atoms with E-state index in [-0.39, 0.29) is 18.0 Å². The Bertz CT molecular complexity index is 1390. The van der Waals surface area contributed by atoms with Gasteiger partial charge in [-0.05, 0) is 64.0 Å². The van der Waals surface area contributed by atoms with Crippen LogP contribution >= 0.6 is 11.8 Å². The maximum absolute atomic E-state index is 13.4. The van der Waals surface area contributed by atoms with Crippen molar-refractivity contribution in [2.45, 2.75) is 65.3 Å². The first-order chi connectivity index (χ1) is 17.9. The topological polar surface area (TPSA) is 57.1 Å². The SMILES string of the molecule is CC(C)=CCCC1=CC[C@H]([C@H]2N=c3ccccc3=C3C(=O)NC(SCc4ccc(C)cc4)=NN32)[C@@H](C)C1. The highest BCUT2D eigenvalue weighted by Gasteiger charge is 2.40. The van der Waals surface area contributed by atoms with E-state index in [0.717, 1.165) is 42.0 Å². The zero-order valence-corrected chi connectivity index (χ0v) is 23.0. The molecule has 192 valence electrons. The fraction of sp³-hybridized carbons (Fsp3) is 0.387. The number of thioether (sulfide) groups is 1. The summed E-state index contributed by atoms with van der Waals surface area (Å²) in [6, 6.07) is 16.4. The molecule has 2 aromatic rings. The molecule has 0 aromatic heterocycles. The molecule has 3 atom stereocenters. The number of aryl methyl sites for hydroxylation is 1. The Morgan fingerprint density at radius 3 is 2.70 bits per heavy atom. The Morgan fingerprint density at radius 1 is 1.16 bits per heavy atom. The molecule has 0 bridgehead atoms. The minimum atomic E-state index is -0.198. The van der Waals surface area contributed by atoms with Crippen LogP contribution in [0.3, 0.4) is 0 Å². The predicted molar refractivity (Wildman–Crippen MR) is 153 cm³/mol. The van der Waals surface area contributed by atoms with Crippen molar-refractivity contribution in [3.63, 3.8) is 0 Å². The number of para-hydroxylation sites is 1. The molecule has 1 amide bonds. The van der Waals surface area contributed by atoms with Gasteiger partial charge in [-0.15, -0.1) is 5.10 Å². The van der Waals surface area contributed by atoms with E-state index in [2.05, 4.69) is 69.4 Å². The third-order valence-corrected chi connectivity index (χ3v) is 8.37. The molecule has 0 spiro atoms. The Labute approximate surface area is 224 Å². The van der Waals surface area contributed by atoms with E-state index >= 15 is 0 Å². The lowest BCUT2D eigenvalue weighted by Crippen LogP contribution is -2.55. The van der Waals surface area contributed by atoms with Crippen LogP contribution in [0.15, 0.2) is 81.9 Å². The summed E-state index contributed by atoms with van der Waals surface area (Å²) >= 11 is 1.56. The standard InChI is InChI=1S/C31H36N4OS/c1-20(2)8-7-9-23-16-17-25(22(4)18-23)29-32-27-11-6-5-10-26(27)28-30(36)33-31(34-35(28)29)37-19-24-14-12-21(3)13-15-24/h5-6,8,10-16,22,25,29H,7,9,17-19H2,1-4H3,(H,33,34,36)/t22-,25-,29-/m0/s1. The van der Waals surface area contributed by atoms with Crippen LogP contribution in [0.25, 0.3) is 5.70 Å². The van der Waals surface area contributed by atoms with Crippen molar-refractivity contribution in [3.05, 3.63) is 93.5 Å². The van der Waals surface area contributed by atoms with Crippen LogP contribution < -0.4 is 15.9 Å². The Balaban J connectivity index is 1.43. The maximum atomic E-state index is 13.4. The van der Waals surface area contributed by atoms with E-state index in [9.17, 15) is 4.79 Å². The predicted octanol–water partition coefficient (Wildman–Crippen LogP) is 5.42. The monoisotopic (exact) mass is 512 g/mol. The van der Waals surface area contributed by atoms with Crippen LogP contribution in [0, 0.1) is 18.8 Å². The summed E-state index contributed by atoms with van der Waals surface area (Å²) in [6.45, 7) is 8.74. The molecule has 37 heavy (non-hydrogen) atoms. The number of fused-ring (bicyclic) bond motifs is 2. The summed E-state index contributed by atoms with van der Waals surface area (Å²) in [5.74, 6) is 1.39. The second-order valence-electron chi connectivity index (χ2n) is 10.7. The molecular formula is C31H36N4OS. The number of hydrogen-bond donors (Lipinski definition) is 1. The quantitative estimate of drug-likeness (QED) is 0.526. The van der Waals surface area contributed by atoms with Crippen LogP contribution in [-0.2, 0) is 10.5 Å². The largest absolute Gasteiger partial charge is 0.298 e. The lowest BCUT2D eigenvalue weighted by Gasteiger charge is -2.41. The molecule has 0 unspecified atom stereocenters. The van der Waals surface area contributed by atoms with Crippen molar-refractivity contribution in [3.8, 4) is 0 Å². The molecule has 2 aromatic carbocycles. The van der Waals surface area contributed by atoms with Crippen molar-refractivity contribution in [1.82, 2.24) is 10.3 Å². The highest BCUT2D eigenvalue weighted by molar-refractivity contribution is 8.13. The summed E-state index contributed by atoms with van der Waals surface area (Å²) in [7, 11) is 0. The number of hydrogen-bond acceptors (Lipinski definition) is 5. The number of amides is 1. The van der Waals surface area contributed by atoms with Crippen LogP contribution in [-0.4, -0.2) is 22.2 Å². The van der Waals surface area contributed by atoms with Gasteiger partial charge in [-0.25, -0.2) is 5.01 Å². The van der Waals surface area contributed by atoms with Crippen LogP contribution in [0.4, 0.5) is 0 Å². The molecule has 1 aliphatic carbocycles. The number of carbonyl (C=O) groups is 1. The molecule has 5 rings (SSSR count). The Kier molecular flexibility index (Phi) is 7.65. The Morgan fingerprint density at radius 2 is 1.95 bits per heavy atom. The van der Waals surface area contributed by atoms with Gasteiger partial charge in [0.15, 0.2) is 5.17 Å². The Hall–Kier alpha value is -3.12. The van der Waals surface area contributed by atoms with Gasteiger partial charge in [0, 0.05) is 16.9 Å².